The molecule has 0 aliphatic carbocycles. The molecule has 1 aliphatic heterocycles. The molecule has 3 aromatic rings. The number of aromatic nitrogens is 1. The molecule has 1 saturated heterocycles. The summed E-state index contributed by atoms with van der Waals surface area (Å²) in [7, 11) is 0. The molecule has 1 atom stereocenters. The minimum Gasteiger partial charge on any atom is -0.473 e. The number of carbonyl (C=O) groups excluding carboxylic acids is 1. The molecular formula is C23H22N2O2S. The predicted octanol–water partition coefficient (Wildman–Crippen LogP) is 4.49. The number of nitrogens with zero attached hydrogens (tertiary/aromatic N) is 1. The van der Waals surface area contributed by atoms with Gasteiger partial charge in [0.1, 0.15) is 6.10 Å². The van der Waals surface area contributed by atoms with E-state index < -0.39 is 0 Å². The van der Waals surface area contributed by atoms with Gasteiger partial charge in [-0.1, -0.05) is 60.7 Å². The van der Waals surface area contributed by atoms with E-state index in [-0.39, 0.29) is 18.1 Å². The van der Waals surface area contributed by atoms with Crippen LogP contribution >= 0.6 is 11.8 Å². The molecule has 1 fully saturated rings. The van der Waals surface area contributed by atoms with Crippen LogP contribution in [0.3, 0.4) is 0 Å². The van der Waals surface area contributed by atoms with E-state index in [4.69, 9.17) is 4.74 Å². The van der Waals surface area contributed by atoms with Crippen LogP contribution in [-0.4, -0.2) is 28.5 Å². The van der Waals surface area contributed by atoms with Crippen molar-refractivity contribution in [2.75, 3.05) is 11.5 Å². The van der Waals surface area contributed by atoms with Crippen molar-refractivity contribution in [1.82, 2.24) is 10.3 Å². The van der Waals surface area contributed by atoms with Crippen molar-refractivity contribution in [2.45, 2.75) is 18.6 Å². The van der Waals surface area contributed by atoms with Crippen LogP contribution in [0.4, 0.5) is 0 Å². The van der Waals surface area contributed by atoms with Crippen molar-refractivity contribution in [3.8, 4) is 5.88 Å². The van der Waals surface area contributed by atoms with Gasteiger partial charge in [0.25, 0.3) is 5.91 Å². The Hall–Kier alpha value is -2.79. The Balaban J connectivity index is 1.49. The SMILES string of the molecule is O=C(NC(c1ccccc1)c1ccccc1)c1ccc(OC2CCSC2)nc1. The smallest absolute Gasteiger partial charge is 0.253 e. The summed E-state index contributed by atoms with van der Waals surface area (Å²) >= 11 is 1.90. The van der Waals surface area contributed by atoms with E-state index in [0.717, 1.165) is 29.1 Å². The Kier molecular flexibility index (Phi) is 5.92. The molecule has 4 nitrogen and oxygen atoms in total. The molecule has 2 heterocycles. The number of rotatable bonds is 6. The average Bonchev–Trinajstić information content (AvgIpc) is 3.27. The van der Waals surface area contributed by atoms with Gasteiger partial charge in [-0.3, -0.25) is 4.79 Å². The highest BCUT2D eigenvalue weighted by Gasteiger charge is 2.19. The second kappa shape index (κ2) is 8.93. The third-order valence-corrected chi connectivity index (χ3v) is 5.85. The Morgan fingerprint density at radius 3 is 2.21 bits per heavy atom. The van der Waals surface area contributed by atoms with Crippen LogP contribution in [0.1, 0.15) is 33.9 Å². The summed E-state index contributed by atoms with van der Waals surface area (Å²) in [6.45, 7) is 0. The molecule has 4 rings (SSSR count). The van der Waals surface area contributed by atoms with Gasteiger partial charge in [0.2, 0.25) is 5.88 Å². The molecule has 1 aromatic heterocycles. The fourth-order valence-corrected chi connectivity index (χ4v) is 4.32. The lowest BCUT2D eigenvalue weighted by Gasteiger charge is -2.20. The summed E-state index contributed by atoms with van der Waals surface area (Å²) in [6.07, 6.45) is 2.85. The minimum absolute atomic E-state index is 0.159. The molecule has 0 bridgehead atoms. The van der Waals surface area contributed by atoms with E-state index in [1.54, 1.807) is 18.3 Å². The fraction of sp³-hybridized carbons (Fsp3) is 0.217. The summed E-state index contributed by atoms with van der Waals surface area (Å²) < 4.78 is 5.87. The zero-order chi connectivity index (χ0) is 19.2. The summed E-state index contributed by atoms with van der Waals surface area (Å²) in [5.41, 5.74) is 2.59. The van der Waals surface area contributed by atoms with Crippen molar-refractivity contribution in [3.05, 3.63) is 95.7 Å². The Morgan fingerprint density at radius 1 is 1.00 bits per heavy atom. The van der Waals surface area contributed by atoms with E-state index in [9.17, 15) is 4.79 Å². The maximum atomic E-state index is 12.9. The van der Waals surface area contributed by atoms with Gasteiger partial charge in [-0.05, 0) is 29.4 Å². The van der Waals surface area contributed by atoms with E-state index in [1.165, 1.54) is 0 Å². The molecule has 1 amide bonds. The lowest BCUT2D eigenvalue weighted by Crippen LogP contribution is -2.29. The Labute approximate surface area is 169 Å². The van der Waals surface area contributed by atoms with Gasteiger partial charge in [-0.25, -0.2) is 4.98 Å². The second-order valence-electron chi connectivity index (χ2n) is 6.72. The molecule has 5 heteroatoms. The van der Waals surface area contributed by atoms with Gasteiger partial charge in [-0.2, -0.15) is 11.8 Å². The van der Waals surface area contributed by atoms with Crippen LogP contribution < -0.4 is 10.1 Å². The quantitative estimate of drug-likeness (QED) is 0.674. The van der Waals surface area contributed by atoms with Crippen molar-refractivity contribution in [1.29, 1.82) is 0 Å². The van der Waals surface area contributed by atoms with E-state index >= 15 is 0 Å². The van der Waals surface area contributed by atoms with Gasteiger partial charge < -0.3 is 10.1 Å². The molecule has 0 saturated carbocycles. The molecule has 1 unspecified atom stereocenters. The first-order valence-electron chi connectivity index (χ1n) is 9.41. The first kappa shape index (κ1) is 18.6. The molecule has 1 N–H and O–H groups in total. The van der Waals surface area contributed by atoms with Crippen LogP contribution in [0, 0.1) is 0 Å². The highest BCUT2D eigenvalue weighted by Crippen LogP contribution is 2.24. The highest BCUT2D eigenvalue weighted by molar-refractivity contribution is 7.99. The monoisotopic (exact) mass is 390 g/mol. The predicted molar refractivity (Wildman–Crippen MR) is 113 cm³/mol. The number of hydrogen-bond donors (Lipinski definition) is 1. The van der Waals surface area contributed by atoms with E-state index in [1.807, 2.05) is 72.4 Å². The number of pyridine rings is 1. The van der Waals surface area contributed by atoms with Crippen LogP contribution in [0.15, 0.2) is 79.0 Å². The van der Waals surface area contributed by atoms with Gasteiger partial charge in [0, 0.05) is 18.0 Å². The molecule has 142 valence electrons. The van der Waals surface area contributed by atoms with E-state index in [0.29, 0.717) is 11.4 Å². The maximum absolute atomic E-state index is 12.9. The zero-order valence-corrected chi connectivity index (χ0v) is 16.3. The van der Waals surface area contributed by atoms with Crippen LogP contribution in [-0.2, 0) is 0 Å². The summed E-state index contributed by atoms with van der Waals surface area (Å²) in [6, 6.07) is 23.3. The number of nitrogens with one attached hydrogen (secondary N) is 1. The van der Waals surface area contributed by atoms with E-state index in [2.05, 4.69) is 10.3 Å². The van der Waals surface area contributed by atoms with Gasteiger partial charge in [0.15, 0.2) is 0 Å². The topological polar surface area (TPSA) is 51.2 Å². The molecule has 0 spiro atoms. The second-order valence-corrected chi connectivity index (χ2v) is 7.87. The highest BCUT2D eigenvalue weighted by atomic mass is 32.2. The average molecular weight is 391 g/mol. The molecule has 2 aromatic carbocycles. The summed E-state index contributed by atoms with van der Waals surface area (Å²) in [5.74, 6) is 2.55. The molecule has 1 aliphatic rings. The van der Waals surface area contributed by atoms with Crippen molar-refractivity contribution < 1.29 is 9.53 Å². The fourth-order valence-electron chi connectivity index (χ4n) is 3.23. The number of amides is 1. The summed E-state index contributed by atoms with van der Waals surface area (Å²) in [4.78, 5) is 17.2. The van der Waals surface area contributed by atoms with Crippen molar-refractivity contribution in [3.63, 3.8) is 0 Å². The largest absolute Gasteiger partial charge is 0.473 e. The van der Waals surface area contributed by atoms with Gasteiger partial charge in [0.05, 0.1) is 11.6 Å². The normalized spacial score (nSPS) is 16.1. The Morgan fingerprint density at radius 2 is 1.68 bits per heavy atom. The minimum atomic E-state index is -0.221. The van der Waals surface area contributed by atoms with Crippen molar-refractivity contribution >= 4 is 17.7 Å². The third kappa shape index (κ3) is 4.54. The third-order valence-electron chi connectivity index (χ3n) is 4.72. The first-order valence-corrected chi connectivity index (χ1v) is 10.6. The molecular weight excluding hydrogens is 368 g/mol. The van der Waals surface area contributed by atoms with Gasteiger partial charge in [-0.15, -0.1) is 0 Å². The lowest BCUT2D eigenvalue weighted by atomic mass is 9.98. The number of thioether (sulfide) groups is 1. The summed E-state index contributed by atoms with van der Waals surface area (Å²) in [5, 5.41) is 3.14. The van der Waals surface area contributed by atoms with Crippen LogP contribution in [0.5, 0.6) is 5.88 Å². The number of hydrogen-bond acceptors (Lipinski definition) is 4. The maximum Gasteiger partial charge on any atom is 0.253 e. The van der Waals surface area contributed by atoms with Gasteiger partial charge >= 0.3 is 0 Å². The van der Waals surface area contributed by atoms with Crippen LogP contribution in [0.25, 0.3) is 0 Å². The van der Waals surface area contributed by atoms with Crippen LogP contribution in [0.2, 0.25) is 0 Å². The number of carbonyl (C=O) groups is 1. The molecule has 0 radical (unpaired) electrons. The number of benzene rings is 2. The zero-order valence-electron chi connectivity index (χ0n) is 15.5. The standard InChI is InChI=1S/C23H22N2O2S/c26-23(19-11-12-21(24-15-19)27-20-13-14-28-16-20)25-22(17-7-3-1-4-8-17)18-9-5-2-6-10-18/h1-12,15,20,22H,13-14,16H2,(H,25,26). The Bertz CT molecular complexity index is 855. The van der Waals surface area contributed by atoms with Crippen molar-refractivity contribution in [2.24, 2.45) is 0 Å². The molecule has 28 heavy (non-hydrogen) atoms. The lowest BCUT2D eigenvalue weighted by molar-refractivity contribution is 0.0942. The first-order chi connectivity index (χ1) is 13.8. The number of ether oxygens (including phenoxy) is 1.